The molecule has 1 saturated heterocycles. The zero-order chi connectivity index (χ0) is 12.4. The fourth-order valence-electron chi connectivity index (χ4n) is 2.01. The third kappa shape index (κ3) is 3.25. The predicted octanol–water partition coefficient (Wildman–Crippen LogP) is 3.74. The summed E-state index contributed by atoms with van der Waals surface area (Å²) in [5.74, 6) is 0. The zero-order valence-corrected chi connectivity index (χ0v) is 12.6. The molecule has 0 amide bonds. The van der Waals surface area contributed by atoms with E-state index in [1.54, 1.807) is 0 Å². The lowest BCUT2D eigenvalue weighted by Crippen LogP contribution is -2.14. The first kappa shape index (κ1) is 13.4. The van der Waals surface area contributed by atoms with Gasteiger partial charge in [-0.05, 0) is 44.0 Å². The SMILES string of the molecule is CC(N)c1cc(Br)ccc1SC1CCOC1C. The first-order chi connectivity index (χ1) is 8.08. The van der Waals surface area contributed by atoms with Gasteiger partial charge in [0.2, 0.25) is 0 Å². The fraction of sp³-hybridized carbons (Fsp3) is 0.538. The van der Waals surface area contributed by atoms with Crippen LogP contribution in [-0.2, 0) is 4.74 Å². The first-order valence-corrected chi connectivity index (χ1v) is 7.58. The minimum atomic E-state index is 0.0626. The molecule has 0 aromatic heterocycles. The number of nitrogens with two attached hydrogens (primary N) is 1. The molecule has 3 atom stereocenters. The predicted molar refractivity (Wildman–Crippen MR) is 76.4 cm³/mol. The summed E-state index contributed by atoms with van der Waals surface area (Å²) in [7, 11) is 0. The van der Waals surface area contributed by atoms with Crippen molar-refractivity contribution in [3.63, 3.8) is 0 Å². The van der Waals surface area contributed by atoms with E-state index in [0.29, 0.717) is 11.4 Å². The highest BCUT2D eigenvalue weighted by atomic mass is 79.9. The van der Waals surface area contributed by atoms with Crippen molar-refractivity contribution in [1.82, 2.24) is 0 Å². The van der Waals surface area contributed by atoms with Gasteiger partial charge in [-0.25, -0.2) is 0 Å². The molecule has 1 aromatic rings. The maximum Gasteiger partial charge on any atom is 0.0669 e. The average Bonchev–Trinajstić information content (AvgIpc) is 2.67. The van der Waals surface area contributed by atoms with Crippen LogP contribution in [0.25, 0.3) is 0 Å². The van der Waals surface area contributed by atoms with Crippen molar-refractivity contribution < 1.29 is 4.74 Å². The van der Waals surface area contributed by atoms with Crippen molar-refractivity contribution >= 4 is 27.7 Å². The lowest BCUT2D eigenvalue weighted by molar-refractivity contribution is 0.127. The average molecular weight is 316 g/mol. The maximum atomic E-state index is 6.03. The third-order valence-electron chi connectivity index (χ3n) is 3.05. The Labute approximate surface area is 115 Å². The van der Waals surface area contributed by atoms with Crippen molar-refractivity contribution in [1.29, 1.82) is 0 Å². The fourth-order valence-corrected chi connectivity index (χ4v) is 3.73. The molecule has 0 radical (unpaired) electrons. The second-order valence-electron chi connectivity index (χ2n) is 4.49. The Morgan fingerprint density at radius 1 is 1.53 bits per heavy atom. The Kier molecular flexibility index (Phi) is 4.53. The molecule has 0 spiro atoms. The quantitative estimate of drug-likeness (QED) is 0.923. The van der Waals surface area contributed by atoms with Crippen LogP contribution in [0.2, 0.25) is 0 Å². The minimum Gasteiger partial charge on any atom is -0.377 e. The number of hydrogen-bond donors (Lipinski definition) is 1. The summed E-state index contributed by atoms with van der Waals surface area (Å²) >= 11 is 5.40. The van der Waals surface area contributed by atoms with Gasteiger partial charge in [0.15, 0.2) is 0 Å². The summed E-state index contributed by atoms with van der Waals surface area (Å²) < 4.78 is 6.69. The van der Waals surface area contributed by atoms with Crippen molar-refractivity contribution in [3.05, 3.63) is 28.2 Å². The Hall–Kier alpha value is -0.0300. The van der Waals surface area contributed by atoms with E-state index in [1.807, 2.05) is 18.7 Å². The van der Waals surface area contributed by atoms with E-state index in [-0.39, 0.29) is 6.04 Å². The normalized spacial score (nSPS) is 26.1. The summed E-state index contributed by atoms with van der Waals surface area (Å²) in [4.78, 5) is 1.28. The Balaban J connectivity index is 2.19. The van der Waals surface area contributed by atoms with E-state index in [4.69, 9.17) is 10.5 Å². The van der Waals surface area contributed by atoms with Gasteiger partial charge in [0.05, 0.1) is 6.10 Å². The van der Waals surface area contributed by atoms with Gasteiger partial charge in [-0.2, -0.15) is 0 Å². The van der Waals surface area contributed by atoms with Gasteiger partial charge >= 0.3 is 0 Å². The van der Waals surface area contributed by atoms with Crippen molar-refractivity contribution in [3.8, 4) is 0 Å². The standard InChI is InChI=1S/C13H18BrNOS/c1-8(15)11-7-10(14)3-4-13(11)17-12-5-6-16-9(12)2/h3-4,7-9,12H,5-6,15H2,1-2H3. The molecule has 0 aliphatic carbocycles. The molecule has 2 nitrogen and oxygen atoms in total. The number of halogens is 1. The van der Waals surface area contributed by atoms with Gasteiger partial charge in [-0.1, -0.05) is 15.9 Å². The molecule has 1 aromatic carbocycles. The Morgan fingerprint density at radius 2 is 2.29 bits per heavy atom. The van der Waals surface area contributed by atoms with E-state index >= 15 is 0 Å². The van der Waals surface area contributed by atoms with Gasteiger partial charge in [0.25, 0.3) is 0 Å². The van der Waals surface area contributed by atoms with Crippen LogP contribution in [0.3, 0.4) is 0 Å². The first-order valence-electron chi connectivity index (χ1n) is 5.91. The van der Waals surface area contributed by atoms with Gasteiger partial charge in [0.1, 0.15) is 0 Å². The van der Waals surface area contributed by atoms with Crippen LogP contribution in [0.4, 0.5) is 0 Å². The molecule has 94 valence electrons. The summed E-state index contributed by atoms with van der Waals surface area (Å²) in [6, 6.07) is 6.41. The second kappa shape index (κ2) is 5.74. The highest BCUT2D eigenvalue weighted by Gasteiger charge is 2.26. The van der Waals surface area contributed by atoms with Gasteiger partial charge in [-0.15, -0.1) is 11.8 Å². The third-order valence-corrected chi connectivity index (χ3v) is 5.09. The lowest BCUT2D eigenvalue weighted by atomic mass is 10.1. The molecule has 2 rings (SSSR count). The molecule has 0 saturated carbocycles. The molecule has 1 aliphatic heterocycles. The smallest absolute Gasteiger partial charge is 0.0669 e. The van der Waals surface area contributed by atoms with E-state index in [1.165, 1.54) is 10.5 Å². The maximum absolute atomic E-state index is 6.03. The van der Waals surface area contributed by atoms with Crippen LogP contribution >= 0.6 is 27.7 Å². The Morgan fingerprint density at radius 3 is 2.88 bits per heavy atom. The highest BCUT2D eigenvalue weighted by molar-refractivity contribution is 9.10. The van der Waals surface area contributed by atoms with E-state index in [2.05, 4.69) is 41.1 Å². The van der Waals surface area contributed by atoms with Gasteiger partial charge < -0.3 is 10.5 Å². The molecular formula is C13H18BrNOS. The van der Waals surface area contributed by atoms with Crippen LogP contribution in [0, 0.1) is 0 Å². The van der Waals surface area contributed by atoms with Gasteiger partial charge in [0, 0.05) is 27.3 Å². The highest BCUT2D eigenvalue weighted by Crippen LogP contribution is 2.36. The number of rotatable bonds is 3. The number of benzene rings is 1. The number of ether oxygens (including phenoxy) is 1. The summed E-state index contributed by atoms with van der Waals surface area (Å²) in [6.07, 6.45) is 1.46. The van der Waals surface area contributed by atoms with Crippen molar-refractivity contribution in [2.24, 2.45) is 5.73 Å². The molecule has 0 bridgehead atoms. The molecular weight excluding hydrogens is 298 g/mol. The summed E-state index contributed by atoms with van der Waals surface area (Å²) in [5.41, 5.74) is 7.24. The Bertz CT molecular complexity index is 397. The largest absolute Gasteiger partial charge is 0.377 e. The topological polar surface area (TPSA) is 35.2 Å². The van der Waals surface area contributed by atoms with E-state index in [9.17, 15) is 0 Å². The van der Waals surface area contributed by atoms with E-state index < -0.39 is 0 Å². The molecule has 17 heavy (non-hydrogen) atoms. The molecule has 2 N–H and O–H groups in total. The van der Waals surface area contributed by atoms with Crippen molar-refractivity contribution in [2.75, 3.05) is 6.61 Å². The second-order valence-corrected chi connectivity index (χ2v) is 6.69. The van der Waals surface area contributed by atoms with Crippen LogP contribution in [-0.4, -0.2) is 18.0 Å². The number of thioether (sulfide) groups is 1. The lowest BCUT2D eigenvalue weighted by Gasteiger charge is -2.18. The minimum absolute atomic E-state index is 0.0626. The van der Waals surface area contributed by atoms with Crippen LogP contribution in [0.1, 0.15) is 31.9 Å². The monoisotopic (exact) mass is 315 g/mol. The summed E-state index contributed by atoms with van der Waals surface area (Å²) in [6.45, 7) is 5.05. The zero-order valence-electron chi connectivity index (χ0n) is 10.2. The molecule has 1 fully saturated rings. The molecule has 3 unspecified atom stereocenters. The number of hydrogen-bond acceptors (Lipinski definition) is 3. The van der Waals surface area contributed by atoms with Crippen molar-refractivity contribution in [2.45, 2.75) is 42.6 Å². The van der Waals surface area contributed by atoms with Crippen LogP contribution in [0.5, 0.6) is 0 Å². The molecule has 1 aliphatic rings. The molecule has 4 heteroatoms. The van der Waals surface area contributed by atoms with Gasteiger partial charge in [-0.3, -0.25) is 0 Å². The van der Waals surface area contributed by atoms with Crippen LogP contribution in [0.15, 0.2) is 27.6 Å². The molecule has 1 heterocycles. The summed E-state index contributed by atoms with van der Waals surface area (Å²) in [5, 5.41) is 0.550. The van der Waals surface area contributed by atoms with Crippen LogP contribution < -0.4 is 5.73 Å². The van der Waals surface area contributed by atoms with E-state index in [0.717, 1.165) is 17.5 Å².